The van der Waals surface area contributed by atoms with Crippen molar-refractivity contribution < 1.29 is 19.4 Å². The third-order valence-corrected chi connectivity index (χ3v) is 3.19. The smallest absolute Gasteiger partial charge is 0.411 e. The fourth-order valence-electron chi connectivity index (χ4n) is 2.11. The number of carboxylic acids is 1. The molecule has 1 saturated heterocycles. The van der Waals surface area contributed by atoms with E-state index >= 15 is 0 Å². The highest BCUT2D eigenvalue weighted by atomic mass is 16.6. The molecule has 1 aliphatic heterocycles. The summed E-state index contributed by atoms with van der Waals surface area (Å²) < 4.78 is 5.25. The molecule has 2 atom stereocenters. The summed E-state index contributed by atoms with van der Waals surface area (Å²) in [5.74, 6) is -0.373. The first kappa shape index (κ1) is 14.8. The van der Waals surface area contributed by atoms with Crippen molar-refractivity contribution in [3.05, 3.63) is 0 Å². The molecular formula is C13H23NO4. The van der Waals surface area contributed by atoms with Crippen molar-refractivity contribution >= 4 is 12.1 Å². The van der Waals surface area contributed by atoms with E-state index in [1.165, 1.54) is 4.90 Å². The van der Waals surface area contributed by atoms with Crippen molar-refractivity contribution in [2.75, 3.05) is 6.54 Å². The van der Waals surface area contributed by atoms with Crippen LogP contribution in [0.5, 0.6) is 0 Å². The van der Waals surface area contributed by atoms with Crippen LogP contribution in [0.3, 0.4) is 0 Å². The highest BCUT2D eigenvalue weighted by molar-refractivity contribution is 5.81. The fraction of sp³-hybridized carbons (Fsp3) is 0.846. The molecule has 1 amide bonds. The molecule has 0 spiro atoms. The van der Waals surface area contributed by atoms with E-state index in [0.717, 1.165) is 0 Å². The Morgan fingerprint density at radius 1 is 1.33 bits per heavy atom. The summed E-state index contributed by atoms with van der Waals surface area (Å²) in [6.45, 7) is 9.87. The number of nitrogens with zero attached hydrogens (tertiary/aromatic N) is 1. The van der Waals surface area contributed by atoms with E-state index in [9.17, 15) is 14.7 Å². The van der Waals surface area contributed by atoms with Crippen molar-refractivity contribution in [3.8, 4) is 0 Å². The lowest BCUT2D eigenvalue weighted by atomic mass is 9.93. The standard InChI is InChI=1S/C13H23NO4/c1-8(2)9-6-10(11(15)16)14(7-9)12(17)18-13(3,4)5/h8-10H,6-7H2,1-5H3,(H,15,16)/t9-,10+/m1/s1. The van der Waals surface area contributed by atoms with Crippen LogP contribution < -0.4 is 0 Å². The molecule has 0 aromatic carbocycles. The number of carboxylic acid groups (broad SMARTS) is 1. The van der Waals surface area contributed by atoms with Crippen LogP contribution in [0.2, 0.25) is 0 Å². The Hall–Kier alpha value is -1.26. The van der Waals surface area contributed by atoms with Crippen molar-refractivity contribution in [2.24, 2.45) is 11.8 Å². The summed E-state index contributed by atoms with van der Waals surface area (Å²) in [6.07, 6.45) is -0.0234. The minimum absolute atomic E-state index is 0.221. The van der Waals surface area contributed by atoms with E-state index < -0.39 is 23.7 Å². The predicted octanol–water partition coefficient (Wildman–Crippen LogP) is 2.35. The molecule has 0 aliphatic carbocycles. The maximum absolute atomic E-state index is 12.0. The zero-order valence-corrected chi connectivity index (χ0v) is 11.8. The predicted molar refractivity (Wildman–Crippen MR) is 67.3 cm³/mol. The van der Waals surface area contributed by atoms with E-state index in [-0.39, 0.29) is 5.92 Å². The molecule has 1 aliphatic rings. The Balaban J connectivity index is 2.78. The Bertz CT molecular complexity index is 332. The second-order valence-corrected chi connectivity index (χ2v) is 6.23. The first-order chi connectivity index (χ1) is 8.11. The van der Waals surface area contributed by atoms with E-state index in [1.807, 2.05) is 13.8 Å². The molecule has 18 heavy (non-hydrogen) atoms. The van der Waals surface area contributed by atoms with Crippen molar-refractivity contribution in [1.29, 1.82) is 0 Å². The van der Waals surface area contributed by atoms with Crippen molar-refractivity contribution in [1.82, 2.24) is 4.90 Å². The van der Waals surface area contributed by atoms with E-state index in [0.29, 0.717) is 18.9 Å². The van der Waals surface area contributed by atoms with Gasteiger partial charge in [0.15, 0.2) is 0 Å². The quantitative estimate of drug-likeness (QED) is 0.824. The lowest BCUT2D eigenvalue weighted by Gasteiger charge is -2.27. The molecule has 0 aromatic heterocycles. The first-order valence-electron chi connectivity index (χ1n) is 6.34. The van der Waals surface area contributed by atoms with Crippen molar-refractivity contribution in [2.45, 2.75) is 52.7 Å². The van der Waals surface area contributed by atoms with Gasteiger partial charge < -0.3 is 9.84 Å². The zero-order valence-electron chi connectivity index (χ0n) is 11.8. The van der Waals surface area contributed by atoms with Crippen LogP contribution in [0.1, 0.15) is 41.0 Å². The van der Waals surface area contributed by atoms with Gasteiger partial charge >= 0.3 is 12.1 Å². The van der Waals surface area contributed by atoms with E-state index in [4.69, 9.17) is 4.74 Å². The van der Waals surface area contributed by atoms with Gasteiger partial charge in [0.2, 0.25) is 0 Å². The van der Waals surface area contributed by atoms with Crippen molar-refractivity contribution in [3.63, 3.8) is 0 Å². The highest BCUT2D eigenvalue weighted by Gasteiger charge is 2.42. The molecule has 0 saturated carbocycles. The Morgan fingerprint density at radius 3 is 2.28 bits per heavy atom. The van der Waals surface area contributed by atoms with Gasteiger partial charge in [0.25, 0.3) is 0 Å². The second-order valence-electron chi connectivity index (χ2n) is 6.23. The number of aliphatic carboxylic acids is 1. The average molecular weight is 257 g/mol. The monoisotopic (exact) mass is 257 g/mol. The molecule has 0 aromatic rings. The molecule has 0 bridgehead atoms. The summed E-state index contributed by atoms with van der Waals surface area (Å²) in [5, 5.41) is 9.18. The van der Waals surface area contributed by atoms with Crippen LogP contribution in [0.15, 0.2) is 0 Å². The summed E-state index contributed by atoms with van der Waals surface area (Å²) in [5.41, 5.74) is -0.601. The van der Waals surface area contributed by atoms with Gasteiger partial charge in [0.05, 0.1) is 0 Å². The van der Waals surface area contributed by atoms with Crippen LogP contribution in [0.25, 0.3) is 0 Å². The molecule has 1 heterocycles. The minimum atomic E-state index is -0.955. The molecule has 0 unspecified atom stereocenters. The third-order valence-electron chi connectivity index (χ3n) is 3.19. The number of carbonyl (C=O) groups is 2. The summed E-state index contributed by atoms with van der Waals surface area (Å²) in [7, 11) is 0. The number of likely N-dealkylation sites (tertiary alicyclic amines) is 1. The van der Waals surface area contributed by atoms with Gasteiger partial charge in [-0.15, -0.1) is 0 Å². The molecular weight excluding hydrogens is 234 g/mol. The minimum Gasteiger partial charge on any atom is -0.480 e. The maximum Gasteiger partial charge on any atom is 0.411 e. The van der Waals surface area contributed by atoms with E-state index in [1.54, 1.807) is 20.8 Å². The molecule has 104 valence electrons. The normalized spacial score (nSPS) is 24.4. The first-order valence-corrected chi connectivity index (χ1v) is 6.34. The Morgan fingerprint density at radius 2 is 1.89 bits per heavy atom. The maximum atomic E-state index is 12.0. The molecule has 1 rings (SSSR count). The Kier molecular flexibility index (Phi) is 4.24. The molecule has 1 fully saturated rings. The highest BCUT2D eigenvalue weighted by Crippen LogP contribution is 2.30. The molecule has 5 nitrogen and oxygen atoms in total. The number of amides is 1. The van der Waals surface area contributed by atoms with Gasteiger partial charge in [-0.25, -0.2) is 9.59 Å². The zero-order chi connectivity index (χ0) is 14.1. The van der Waals surface area contributed by atoms with Gasteiger partial charge in [-0.3, -0.25) is 4.90 Å². The number of hydrogen-bond acceptors (Lipinski definition) is 3. The van der Waals surface area contributed by atoms with Gasteiger partial charge in [-0.05, 0) is 39.0 Å². The topological polar surface area (TPSA) is 66.8 Å². The number of ether oxygens (including phenoxy) is 1. The number of hydrogen-bond donors (Lipinski definition) is 1. The summed E-state index contributed by atoms with van der Waals surface area (Å²) >= 11 is 0. The summed E-state index contributed by atoms with van der Waals surface area (Å²) in [6, 6.07) is -0.757. The van der Waals surface area contributed by atoms with Gasteiger partial charge in [0, 0.05) is 6.54 Å². The molecule has 1 N–H and O–H groups in total. The van der Waals surface area contributed by atoms with Crippen LogP contribution in [-0.2, 0) is 9.53 Å². The van der Waals surface area contributed by atoms with Crippen LogP contribution >= 0.6 is 0 Å². The average Bonchev–Trinajstić information content (AvgIpc) is 2.58. The molecule has 5 heteroatoms. The third kappa shape index (κ3) is 3.62. The number of carbonyl (C=O) groups excluding carboxylic acids is 1. The largest absolute Gasteiger partial charge is 0.480 e. The Labute approximate surface area is 108 Å². The fourth-order valence-corrected chi connectivity index (χ4v) is 2.11. The van der Waals surface area contributed by atoms with Gasteiger partial charge in [-0.1, -0.05) is 13.8 Å². The second kappa shape index (κ2) is 5.16. The van der Waals surface area contributed by atoms with Crippen LogP contribution in [0.4, 0.5) is 4.79 Å². The SMILES string of the molecule is CC(C)[C@@H]1C[C@@H](C(=O)O)N(C(=O)OC(C)(C)C)C1. The van der Waals surface area contributed by atoms with Crippen LogP contribution in [-0.4, -0.2) is 40.3 Å². The van der Waals surface area contributed by atoms with Gasteiger partial charge in [0.1, 0.15) is 11.6 Å². The van der Waals surface area contributed by atoms with Gasteiger partial charge in [-0.2, -0.15) is 0 Å². The lowest BCUT2D eigenvalue weighted by molar-refractivity contribution is -0.142. The number of rotatable bonds is 2. The lowest BCUT2D eigenvalue weighted by Crippen LogP contribution is -2.43. The van der Waals surface area contributed by atoms with Crippen LogP contribution in [0, 0.1) is 11.8 Å². The van der Waals surface area contributed by atoms with E-state index in [2.05, 4.69) is 0 Å². The molecule has 0 radical (unpaired) electrons. The summed E-state index contributed by atoms with van der Waals surface area (Å²) in [4.78, 5) is 24.5.